The van der Waals surface area contributed by atoms with Crippen LogP contribution in [0.4, 0.5) is 24.8 Å². The highest BCUT2D eigenvalue weighted by Crippen LogP contribution is 2.29. The highest BCUT2D eigenvalue weighted by Gasteiger charge is 2.30. The zero-order valence-corrected chi connectivity index (χ0v) is 12.0. The second-order valence-corrected chi connectivity index (χ2v) is 4.88. The van der Waals surface area contributed by atoms with E-state index in [1.165, 1.54) is 24.7 Å². The summed E-state index contributed by atoms with van der Waals surface area (Å²) in [4.78, 5) is 24.0. The van der Waals surface area contributed by atoms with Crippen molar-refractivity contribution in [1.82, 2.24) is 15.0 Å². The molecular formula is C15H10F3N5O. The van der Waals surface area contributed by atoms with E-state index in [4.69, 9.17) is 5.73 Å². The molecule has 0 aliphatic rings. The minimum Gasteiger partial charge on any atom is -0.384 e. The van der Waals surface area contributed by atoms with E-state index in [9.17, 15) is 18.0 Å². The molecule has 0 spiro atoms. The first-order chi connectivity index (χ1) is 11.3. The Bertz CT molecular complexity index is 926. The van der Waals surface area contributed by atoms with E-state index in [2.05, 4.69) is 20.3 Å². The molecule has 0 unspecified atom stereocenters. The number of nitrogens with zero attached hydrogens (tertiary/aromatic N) is 3. The van der Waals surface area contributed by atoms with Crippen molar-refractivity contribution in [2.24, 2.45) is 0 Å². The number of carbonyl (C=O) groups is 1. The first-order valence-electron chi connectivity index (χ1n) is 6.69. The minimum atomic E-state index is -4.53. The highest BCUT2D eigenvalue weighted by molar-refractivity contribution is 6.07. The number of aromatic nitrogens is 3. The number of nitrogens with one attached hydrogen (secondary N) is 1. The Kier molecular flexibility index (Phi) is 3.76. The number of amides is 1. The molecule has 3 rings (SSSR count). The maximum atomic E-state index is 12.7. The monoisotopic (exact) mass is 333 g/mol. The van der Waals surface area contributed by atoms with Gasteiger partial charge < -0.3 is 11.1 Å². The van der Waals surface area contributed by atoms with Crippen LogP contribution in [0.2, 0.25) is 0 Å². The maximum absolute atomic E-state index is 12.7. The molecule has 0 bridgehead atoms. The fraction of sp³-hybridized carbons (Fsp3) is 0.0667. The lowest BCUT2D eigenvalue weighted by Gasteiger charge is -2.10. The molecule has 6 nitrogen and oxygen atoms in total. The van der Waals surface area contributed by atoms with Gasteiger partial charge in [0.25, 0.3) is 5.91 Å². The lowest BCUT2D eigenvalue weighted by atomic mass is 10.1. The molecule has 1 amide bonds. The first-order valence-corrected chi connectivity index (χ1v) is 6.69. The normalized spacial score (nSPS) is 11.5. The van der Waals surface area contributed by atoms with Gasteiger partial charge in [-0.05, 0) is 18.2 Å². The number of anilines is 2. The molecule has 0 aliphatic carbocycles. The molecule has 3 aromatic rings. The molecule has 0 fully saturated rings. The van der Waals surface area contributed by atoms with Gasteiger partial charge in [0.1, 0.15) is 18.0 Å². The molecule has 0 saturated carbocycles. The molecule has 0 radical (unpaired) electrons. The molecule has 3 N–H and O–H groups in total. The summed E-state index contributed by atoms with van der Waals surface area (Å²) in [5.41, 5.74) is 4.97. The number of rotatable bonds is 2. The predicted octanol–water partition coefficient (Wildman–Crippen LogP) is 2.88. The van der Waals surface area contributed by atoms with Crippen molar-refractivity contribution in [1.29, 1.82) is 0 Å². The predicted molar refractivity (Wildman–Crippen MR) is 81.1 cm³/mol. The first kappa shape index (κ1) is 15.7. The third-order valence-electron chi connectivity index (χ3n) is 3.23. The van der Waals surface area contributed by atoms with E-state index >= 15 is 0 Å². The molecule has 0 atom stereocenters. The quantitative estimate of drug-likeness (QED) is 0.752. The highest BCUT2D eigenvalue weighted by atomic mass is 19.4. The minimum absolute atomic E-state index is 0.134. The van der Waals surface area contributed by atoms with E-state index in [1.807, 2.05) is 0 Å². The van der Waals surface area contributed by atoms with Crippen LogP contribution < -0.4 is 11.1 Å². The van der Waals surface area contributed by atoms with Gasteiger partial charge in [-0.2, -0.15) is 13.2 Å². The lowest BCUT2D eigenvalue weighted by molar-refractivity contribution is -0.137. The largest absolute Gasteiger partial charge is 0.416 e. The van der Waals surface area contributed by atoms with E-state index < -0.39 is 17.6 Å². The summed E-state index contributed by atoms with van der Waals surface area (Å²) < 4.78 is 38.2. The third-order valence-corrected chi connectivity index (χ3v) is 3.23. The molecule has 2 heterocycles. The number of fused-ring (bicyclic) bond motifs is 1. The van der Waals surface area contributed by atoms with Crippen LogP contribution in [0, 0.1) is 0 Å². The standard InChI is InChI=1S/C15H10F3N5O/c16-15(17,18)9-3-1-2-8(4-9)14(24)23-13-10-6-20-12(19)5-11(10)21-7-22-13/h1-7H,(H2,19,20)(H,21,22,23,24). The summed E-state index contributed by atoms with van der Waals surface area (Å²) in [5, 5.41) is 2.88. The van der Waals surface area contributed by atoms with Crippen LogP contribution >= 0.6 is 0 Å². The summed E-state index contributed by atoms with van der Waals surface area (Å²) in [5.74, 6) is -0.343. The van der Waals surface area contributed by atoms with Crippen LogP contribution in [0.15, 0.2) is 42.9 Å². The van der Waals surface area contributed by atoms with Gasteiger partial charge in [0.05, 0.1) is 16.5 Å². The third kappa shape index (κ3) is 3.09. The Morgan fingerprint density at radius 2 is 1.92 bits per heavy atom. The van der Waals surface area contributed by atoms with Gasteiger partial charge >= 0.3 is 6.18 Å². The van der Waals surface area contributed by atoms with E-state index in [-0.39, 0.29) is 17.2 Å². The molecule has 122 valence electrons. The zero-order chi connectivity index (χ0) is 17.3. The van der Waals surface area contributed by atoms with Gasteiger partial charge in [-0.25, -0.2) is 15.0 Å². The second-order valence-electron chi connectivity index (χ2n) is 4.88. The van der Waals surface area contributed by atoms with Crippen molar-refractivity contribution < 1.29 is 18.0 Å². The summed E-state index contributed by atoms with van der Waals surface area (Å²) in [6, 6.07) is 5.61. The van der Waals surface area contributed by atoms with Crippen LogP contribution in [-0.4, -0.2) is 20.9 Å². The van der Waals surface area contributed by atoms with Crippen molar-refractivity contribution in [2.45, 2.75) is 6.18 Å². The molecule has 0 aliphatic heterocycles. The van der Waals surface area contributed by atoms with Crippen molar-refractivity contribution in [3.8, 4) is 0 Å². The van der Waals surface area contributed by atoms with E-state index in [0.29, 0.717) is 10.9 Å². The van der Waals surface area contributed by atoms with Crippen LogP contribution in [-0.2, 0) is 6.18 Å². The van der Waals surface area contributed by atoms with Gasteiger partial charge in [0.15, 0.2) is 0 Å². The summed E-state index contributed by atoms with van der Waals surface area (Å²) in [6.07, 6.45) is -1.94. The summed E-state index contributed by atoms with van der Waals surface area (Å²) in [6.45, 7) is 0. The average molecular weight is 333 g/mol. The topological polar surface area (TPSA) is 93.8 Å². The van der Waals surface area contributed by atoms with Crippen molar-refractivity contribution in [2.75, 3.05) is 11.1 Å². The fourth-order valence-electron chi connectivity index (χ4n) is 2.08. The number of nitrogen functional groups attached to an aromatic ring is 1. The van der Waals surface area contributed by atoms with E-state index in [1.54, 1.807) is 0 Å². The van der Waals surface area contributed by atoms with Gasteiger partial charge in [-0.3, -0.25) is 4.79 Å². The molecular weight excluding hydrogens is 323 g/mol. The summed E-state index contributed by atoms with van der Waals surface area (Å²) in [7, 11) is 0. The Balaban J connectivity index is 1.93. The number of benzene rings is 1. The number of hydrogen-bond acceptors (Lipinski definition) is 5. The zero-order valence-electron chi connectivity index (χ0n) is 12.0. The summed E-state index contributed by atoms with van der Waals surface area (Å²) >= 11 is 0. The Hall–Kier alpha value is -3.23. The van der Waals surface area contributed by atoms with Crippen LogP contribution in [0.3, 0.4) is 0 Å². The second kappa shape index (κ2) is 5.76. The van der Waals surface area contributed by atoms with Crippen molar-refractivity contribution in [3.05, 3.63) is 54.0 Å². The van der Waals surface area contributed by atoms with Crippen LogP contribution in [0.5, 0.6) is 0 Å². The number of halogens is 3. The van der Waals surface area contributed by atoms with Gasteiger partial charge in [0.2, 0.25) is 0 Å². The number of hydrogen-bond donors (Lipinski definition) is 2. The van der Waals surface area contributed by atoms with Crippen LogP contribution in [0.1, 0.15) is 15.9 Å². The van der Waals surface area contributed by atoms with Crippen molar-refractivity contribution in [3.63, 3.8) is 0 Å². The van der Waals surface area contributed by atoms with E-state index in [0.717, 1.165) is 18.2 Å². The number of pyridine rings is 1. The smallest absolute Gasteiger partial charge is 0.384 e. The van der Waals surface area contributed by atoms with Gasteiger partial charge in [0, 0.05) is 17.8 Å². The number of alkyl halides is 3. The Morgan fingerprint density at radius 3 is 2.67 bits per heavy atom. The SMILES string of the molecule is Nc1cc2ncnc(NC(=O)c3cccc(C(F)(F)F)c3)c2cn1. The average Bonchev–Trinajstić information content (AvgIpc) is 2.54. The fourth-order valence-corrected chi connectivity index (χ4v) is 2.08. The molecule has 2 aromatic heterocycles. The maximum Gasteiger partial charge on any atom is 0.416 e. The number of nitrogens with two attached hydrogens (primary N) is 1. The van der Waals surface area contributed by atoms with Crippen LogP contribution in [0.25, 0.3) is 10.9 Å². The molecule has 24 heavy (non-hydrogen) atoms. The number of carbonyl (C=O) groups excluding carboxylic acids is 1. The van der Waals surface area contributed by atoms with Crippen molar-refractivity contribution >= 4 is 28.4 Å². The Morgan fingerprint density at radius 1 is 1.12 bits per heavy atom. The lowest BCUT2D eigenvalue weighted by Crippen LogP contribution is -2.15. The Labute approximate surface area is 133 Å². The van der Waals surface area contributed by atoms with Gasteiger partial charge in [-0.15, -0.1) is 0 Å². The van der Waals surface area contributed by atoms with Gasteiger partial charge in [-0.1, -0.05) is 6.07 Å². The molecule has 9 heteroatoms. The molecule has 0 saturated heterocycles. The molecule has 1 aromatic carbocycles.